The number of nitrogens with one attached hydrogen (secondary N) is 1. The number of H-pyrrole nitrogens is 1. The lowest BCUT2D eigenvalue weighted by Crippen LogP contribution is -2.26. The highest BCUT2D eigenvalue weighted by atomic mass is 16.2. The maximum atomic E-state index is 11.7. The second-order valence-electron chi connectivity index (χ2n) is 5.78. The summed E-state index contributed by atoms with van der Waals surface area (Å²) in [6.07, 6.45) is 2.27. The Bertz CT molecular complexity index is 776. The summed E-state index contributed by atoms with van der Waals surface area (Å²) in [4.78, 5) is 28.3. The van der Waals surface area contributed by atoms with Gasteiger partial charge in [0.2, 0.25) is 5.91 Å². The van der Waals surface area contributed by atoms with E-state index in [9.17, 15) is 9.59 Å². The van der Waals surface area contributed by atoms with Crippen molar-refractivity contribution < 1.29 is 9.59 Å². The molecule has 114 valence electrons. The molecule has 1 fully saturated rings. The highest BCUT2D eigenvalue weighted by molar-refractivity contribution is 6.06. The number of carbonyl (C=O) groups excluding carboxylic acids is 2. The van der Waals surface area contributed by atoms with Crippen molar-refractivity contribution in [3.05, 3.63) is 47.7 Å². The monoisotopic (exact) mass is 297 g/mol. The summed E-state index contributed by atoms with van der Waals surface area (Å²) in [5.41, 5.74) is 8.89. The van der Waals surface area contributed by atoms with Gasteiger partial charge in [0, 0.05) is 30.1 Å². The van der Waals surface area contributed by atoms with Gasteiger partial charge in [-0.3, -0.25) is 9.59 Å². The van der Waals surface area contributed by atoms with Gasteiger partial charge in [-0.1, -0.05) is 12.6 Å². The zero-order chi connectivity index (χ0) is 15.9. The van der Waals surface area contributed by atoms with Gasteiger partial charge in [-0.05, 0) is 37.1 Å². The van der Waals surface area contributed by atoms with E-state index in [1.807, 2.05) is 24.0 Å². The second-order valence-corrected chi connectivity index (χ2v) is 5.78. The fourth-order valence-corrected chi connectivity index (χ4v) is 3.28. The molecule has 3 rings (SSSR count). The molecule has 5 nitrogen and oxygen atoms in total. The largest absolute Gasteiger partial charge is 0.366 e. The van der Waals surface area contributed by atoms with E-state index < -0.39 is 5.91 Å². The maximum Gasteiger partial charge on any atom is 0.250 e. The van der Waals surface area contributed by atoms with E-state index in [1.54, 1.807) is 6.07 Å². The van der Waals surface area contributed by atoms with Crippen LogP contribution in [0.3, 0.4) is 0 Å². The van der Waals surface area contributed by atoms with Gasteiger partial charge in [0.05, 0.1) is 11.1 Å². The highest BCUT2D eigenvalue weighted by Crippen LogP contribution is 2.34. The number of amides is 2. The Kier molecular flexibility index (Phi) is 3.48. The second kappa shape index (κ2) is 5.33. The standard InChI is InChI=1S/C17H19N3O2/c1-3-15(21)20-7-6-11(9-20)12-4-5-13(17(18)22)16-14(12)8-10(2)19-16/h3-5,8,11,19H,1,6-7,9H2,2H3,(H2,18,22)/t11-/m1/s1. The smallest absolute Gasteiger partial charge is 0.250 e. The molecule has 2 amide bonds. The van der Waals surface area contributed by atoms with Crippen LogP contribution >= 0.6 is 0 Å². The molecule has 1 aliphatic rings. The molecule has 0 radical (unpaired) electrons. The number of likely N-dealkylation sites (tertiary alicyclic amines) is 1. The number of benzene rings is 1. The van der Waals surface area contributed by atoms with Crippen LogP contribution in [0.2, 0.25) is 0 Å². The van der Waals surface area contributed by atoms with Gasteiger partial charge in [-0.15, -0.1) is 0 Å². The number of primary amides is 1. The third kappa shape index (κ3) is 2.28. The first-order valence-corrected chi connectivity index (χ1v) is 7.34. The molecule has 3 N–H and O–H groups in total. The van der Waals surface area contributed by atoms with Gasteiger partial charge in [0.25, 0.3) is 5.91 Å². The first kappa shape index (κ1) is 14.4. The highest BCUT2D eigenvalue weighted by Gasteiger charge is 2.28. The van der Waals surface area contributed by atoms with Crippen LogP contribution in [0.5, 0.6) is 0 Å². The number of hydrogen-bond acceptors (Lipinski definition) is 2. The predicted molar refractivity (Wildman–Crippen MR) is 85.7 cm³/mol. The Morgan fingerprint density at radius 3 is 2.91 bits per heavy atom. The van der Waals surface area contributed by atoms with Crippen LogP contribution in [0.15, 0.2) is 30.9 Å². The number of hydrogen-bond donors (Lipinski definition) is 2. The number of aryl methyl sites for hydroxylation is 1. The number of aromatic nitrogens is 1. The molecule has 1 atom stereocenters. The van der Waals surface area contributed by atoms with E-state index in [4.69, 9.17) is 5.73 Å². The van der Waals surface area contributed by atoms with E-state index in [2.05, 4.69) is 11.6 Å². The van der Waals surface area contributed by atoms with Crippen LogP contribution in [-0.4, -0.2) is 34.8 Å². The summed E-state index contributed by atoms with van der Waals surface area (Å²) < 4.78 is 0. The lowest BCUT2D eigenvalue weighted by atomic mass is 9.93. The number of aromatic amines is 1. The van der Waals surface area contributed by atoms with Gasteiger partial charge in [-0.2, -0.15) is 0 Å². The van der Waals surface area contributed by atoms with E-state index in [1.165, 1.54) is 6.08 Å². The maximum absolute atomic E-state index is 11.7. The zero-order valence-corrected chi connectivity index (χ0v) is 12.6. The van der Waals surface area contributed by atoms with Crippen molar-refractivity contribution in [3.8, 4) is 0 Å². The van der Waals surface area contributed by atoms with Crippen molar-refractivity contribution in [2.45, 2.75) is 19.3 Å². The zero-order valence-electron chi connectivity index (χ0n) is 12.6. The molecule has 5 heteroatoms. The third-order valence-electron chi connectivity index (χ3n) is 4.34. The van der Waals surface area contributed by atoms with Crippen molar-refractivity contribution >= 4 is 22.7 Å². The summed E-state index contributed by atoms with van der Waals surface area (Å²) in [6.45, 7) is 6.91. The molecule has 0 saturated carbocycles. The molecule has 0 bridgehead atoms. The summed E-state index contributed by atoms with van der Waals surface area (Å²) >= 11 is 0. The van der Waals surface area contributed by atoms with Crippen LogP contribution in [0.1, 0.15) is 34.0 Å². The van der Waals surface area contributed by atoms with Gasteiger partial charge in [0.15, 0.2) is 0 Å². The van der Waals surface area contributed by atoms with Crippen molar-refractivity contribution in [1.82, 2.24) is 9.88 Å². The topological polar surface area (TPSA) is 79.2 Å². The Morgan fingerprint density at radius 1 is 1.45 bits per heavy atom. The van der Waals surface area contributed by atoms with E-state index in [0.717, 1.165) is 35.1 Å². The van der Waals surface area contributed by atoms with Gasteiger partial charge in [0.1, 0.15) is 0 Å². The van der Waals surface area contributed by atoms with Crippen LogP contribution < -0.4 is 5.73 Å². The molecule has 0 unspecified atom stereocenters. The molecular formula is C17H19N3O2. The van der Waals surface area contributed by atoms with Crippen LogP contribution in [-0.2, 0) is 4.79 Å². The molecule has 1 aromatic carbocycles. The first-order chi connectivity index (χ1) is 10.5. The lowest BCUT2D eigenvalue weighted by Gasteiger charge is -2.15. The molecule has 1 aliphatic heterocycles. The van der Waals surface area contributed by atoms with Gasteiger partial charge >= 0.3 is 0 Å². The molecule has 1 aromatic heterocycles. The predicted octanol–water partition coefficient (Wildman–Crippen LogP) is 2.08. The van der Waals surface area contributed by atoms with Gasteiger partial charge < -0.3 is 15.6 Å². The van der Waals surface area contributed by atoms with Crippen LogP contribution in [0.25, 0.3) is 10.9 Å². The molecule has 2 heterocycles. The normalized spacial score (nSPS) is 17.9. The average Bonchev–Trinajstić information content (AvgIpc) is 3.10. The minimum absolute atomic E-state index is 0.0299. The molecule has 1 saturated heterocycles. The number of nitrogens with two attached hydrogens (primary N) is 1. The number of nitrogens with zero attached hydrogens (tertiary/aromatic N) is 1. The van der Waals surface area contributed by atoms with E-state index in [-0.39, 0.29) is 11.8 Å². The van der Waals surface area contributed by atoms with Crippen LogP contribution in [0, 0.1) is 6.92 Å². The summed E-state index contributed by atoms with van der Waals surface area (Å²) in [5.74, 6) is -0.199. The average molecular weight is 297 g/mol. The first-order valence-electron chi connectivity index (χ1n) is 7.34. The molecular weight excluding hydrogens is 278 g/mol. The fourth-order valence-electron chi connectivity index (χ4n) is 3.28. The minimum atomic E-state index is -0.437. The Balaban J connectivity index is 2.02. The lowest BCUT2D eigenvalue weighted by molar-refractivity contribution is -0.125. The summed E-state index contributed by atoms with van der Waals surface area (Å²) in [7, 11) is 0. The number of fused-ring (bicyclic) bond motifs is 1. The SMILES string of the molecule is C=CC(=O)N1CC[C@@H](c2ccc(C(N)=O)c3[nH]c(C)cc23)C1. The van der Waals surface area contributed by atoms with E-state index >= 15 is 0 Å². The Morgan fingerprint density at radius 2 is 2.23 bits per heavy atom. The van der Waals surface area contributed by atoms with Crippen molar-refractivity contribution in [2.24, 2.45) is 5.73 Å². The number of carbonyl (C=O) groups is 2. The number of rotatable bonds is 3. The summed E-state index contributed by atoms with van der Waals surface area (Å²) in [6, 6.07) is 5.77. The van der Waals surface area contributed by atoms with Crippen molar-refractivity contribution in [3.63, 3.8) is 0 Å². The van der Waals surface area contributed by atoms with Crippen LogP contribution in [0.4, 0.5) is 0 Å². The molecule has 0 aliphatic carbocycles. The Labute approximate surface area is 128 Å². The minimum Gasteiger partial charge on any atom is -0.366 e. The molecule has 2 aromatic rings. The quantitative estimate of drug-likeness (QED) is 0.851. The van der Waals surface area contributed by atoms with Crippen molar-refractivity contribution in [1.29, 1.82) is 0 Å². The van der Waals surface area contributed by atoms with Crippen molar-refractivity contribution in [2.75, 3.05) is 13.1 Å². The Hall–Kier alpha value is -2.56. The molecule has 22 heavy (non-hydrogen) atoms. The fraction of sp³-hybridized carbons (Fsp3) is 0.294. The summed E-state index contributed by atoms with van der Waals surface area (Å²) in [5, 5.41) is 1.02. The van der Waals surface area contributed by atoms with E-state index in [0.29, 0.717) is 12.1 Å². The molecule has 0 spiro atoms. The third-order valence-corrected chi connectivity index (χ3v) is 4.34. The van der Waals surface area contributed by atoms with Gasteiger partial charge in [-0.25, -0.2) is 0 Å².